The fourth-order valence-corrected chi connectivity index (χ4v) is 4.45. The second-order valence-corrected chi connectivity index (χ2v) is 9.33. The number of rotatable bonds is 12. The van der Waals surface area contributed by atoms with E-state index in [1.165, 1.54) is 0 Å². The number of nitrogens with zero attached hydrogens (tertiary/aromatic N) is 3. The lowest BCUT2D eigenvalue weighted by Gasteiger charge is -2.33. The number of alkyl halides is 3. The number of amides is 1. The van der Waals surface area contributed by atoms with Gasteiger partial charge in [0.15, 0.2) is 6.35 Å². The molecule has 0 spiro atoms. The van der Waals surface area contributed by atoms with Crippen molar-refractivity contribution < 1.29 is 23.1 Å². The summed E-state index contributed by atoms with van der Waals surface area (Å²) >= 11 is 0. The van der Waals surface area contributed by atoms with Crippen LogP contribution in [0.15, 0.2) is 53.2 Å². The minimum atomic E-state index is -4.24. The molecular formula is C27H42F3N5O2. The van der Waals surface area contributed by atoms with Crippen LogP contribution in [0.2, 0.25) is 0 Å². The summed E-state index contributed by atoms with van der Waals surface area (Å²) in [5, 5.41) is 16.4. The SMILES string of the molecule is C=C/C(=C\C=C\C)C1=CCN(CC(=O)NC2CCCCN(C(O)NCC)CC2)C(CCCC(F)(F)F)=N1. The molecule has 0 saturated carbocycles. The van der Waals surface area contributed by atoms with Crippen LogP contribution in [0.1, 0.15) is 58.8 Å². The molecule has 7 nitrogen and oxygen atoms in total. The molecule has 0 aromatic carbocycles. The zero-order valence-corrected chi connectivity index (χ0v) is 22.1. The third kappa shape index (κ3) is 11.2. The van der Waals surface area contributed by atoms with Crippen molar-refractivity contribution in [2.24, 2.45) is 4.99 Å². The smallest absolute Gasteiger partial charge is 0.365 e. The molecule has 0 aliphatic carbocycles. The number of hydrogen-bond donors (Lipinski definition) is 3. The number of aliphatic hydroxyl groups excluding tert-OH is 1. The summed E-state index contributed by atoms with van der Waals surface area (Å²) in [7, 11) is 0. The normalized spacial score (nSPS) is 21.2. The van der Waals surface area contributed by atoms with Gasteiger partial charge in [0.05, 0.1) is 12.2 Å². The summed E-state index contributed by atoms with van der Waals surface area (Å²) in [6.07, 6.45) is 6.72. The van der Waals surface area contributed by atoms with Crippen molar-refractivity contribution in [3.63, 3.8) is 0 Å². The van der Waals surface area contributed by atoms with E-state index in [4.69, 9.17) is 0 Å². The molecule has 2 aliphatic rings. The van der Waals surface area contributed by atoms with Gasteiger partial charge in [0.2, 0.25) is 5.91 Å². The highest BCUT2D eigenvalue weighted by Gasteiger charge is 2.28. The fourth-order valence-electron chi connectivity index (χ4n) is 4.45. The van der Waals surface area contributed by atoms with E-state index in [0.717, 1.165) is 31.4 Å². The Morgan fingerprint density at radius 3 is 2.78 bits per heavy atom. The Kier molecular flexibility index (Phi) is 13.1. The van der Waals surface area contributed by atoms with Crippen LogP contribution in [-0.4, -0.2) is 77.9 Å². The maximum absolute atomic E-state index is 13.0. The van der Waals surface area contributed by atoms with Gasteiger partial charge < -0.3 is 15.3 Å². The summed E-state index contributed by atoms with van der Waals surface area (Å²) in [6.45, 7) is 10.2. The summed E-state index contributed by atoms with van der Waals surface area (Å²) in [5.74, 6) is 0.292. The second kappa shape index (κ2) is 15.7. The van der Waals surface area contributed by atoms with Crippen LogP contribution in [0.5, 0.6) is 0 Å². The van der Waals surface area contributed by atoms with Gasteiger partial charge in [0.1, 0.15) is 5.84 Å². The van der Waals surface area contributed by atoms with Gasteiger partial charge in [0, 0.05) is 38.5 Å². The first-order chi connectivity index (χ1) is 17.7. The molecule has 37 heavy (non-hydrogen) atoms. The Balaban J connectivity index is 2.04. The van der Waals surface area contributed by atoms with E-state index >= 15 is 0 Å². The highest BCUT2D eigenvalue weighted by molar-refractivity contribution is 5.89. The molecule has 2 atom stereocenters. The Morgan fingerprint density at radius 1 is 1.32 bits per heavy atom. The number of carbonyl (C=O) groups excluding carboxylic acids is 1. The zero-order valence-electron chi connectivity index (χ0n) is 22.1. The third-order valence-electron chi connectivity index (χ3n) is 6.41. The minimum absolute atomic E-state index is 0.0247. The van der Waals surface area contributed by atoms with Gasteiger partial charge in [0.25, 0.3) is 0 Å². The van der Waals surface area contributed by atoms with Gasteiger partial charge in [-0.2, -0.15) is 13.2 Å². The van der Waals surface area contributed by atoms with Crippen LogP contribution in [-0.2, 0) is 4.79 Å². The first-order valence-corrected chi connectivity index (χ1v) is 13.2. The van der Waals surface area contributed by atoms with Crippen LogP contribution in [0, 0.1) is 0 Å². The largest absolute Gasteiger partial charge is 0.389 e. The van der Waals surface area contributed by atoms with Crippen LogP contribution in [0.4, 0.5) is 13.2 Å². The number of carbonyl (C=O) groups is 1. The molecule has 1 amide bonds. The number of hydrogen-bond acceptors (Lipinski definition) is 6. The lowest BCUT2D eigenvalue weighted by molar-refractivity contribution is -0.135. The van der Waals surface area contributed by atoms with Crippen molar-refractivity contribution in [3.8, 4) is 0 Å². The quantitative estimate of drug-likeness (QED) is 0.262. The number of halogens is 3. The summed E-state index contributed by atoms with van der Waals surface area (Å²) in [6, 6.07) is -0.0261. The Hall–Kier alpha value is -2.43. The van der Waals surface area contributed by atoms with Crippen LogP contribution < -0.4 is 10.6 Å². The summed E-state index contributed by atoms with van der Waals surface area (Å²) in [4.78, 5) is 21.3. The fraction of sp³-hybridized carbons (Fsp3) is 0.630. The maximum Gasteiger partial charge on any atom is 0.389 e. The third-order valence-corrected chi connectivity index (χ3v) is 6.41. The molecule has 0 aromatic rings. The Bertz CT molecular complexity index is 867. The van der Waals surface area contributed by atoms with E-state index in [9.17, 15) is 23.1 Å². The number of allylic oxidation sites excluding steroid dienone is 4. The molecule has 0 radical (unpaired) electrons. The number of aliphatic imine (C=N–C) groups is 1. The van der Waals surface area contributed by atoms with Crippen molar-refractivity contribution in [1.29, 1.82) is 0 Å². The van der Waals surface area contributed by atoms with Crippen LogP contribution in [0.3, 0.4) is 0 Å². The molecule has 2 heterocycles. The van der Waals surface area contributed by atoms with Crippen LogP contribution >= 0.6 is 0 Å². The summed E-state index contributed by atoms with van der Waals surface area (Å²) < 4.78 is 38.3. The zero-order chi connectivity index (χ0) is 27.3. The number of amidine groups is 1. The second-order valence-electron chi connectivity index (χ2n) is 9.33. The van der Waals surface area contributed by atoms with Crippen molar-refractivity contribution >= 4 is 11.7 Å². The van der Waals surface area contributed by atoms with E-state index in [2.05, 4.69) is 22.2 Å². The number of likely N-dealkylation sites (tertiary alicyclic amines) is 1. The molecule has 208 valence electrons. The molecule has 0 aromatic heterocycles. The topological polar surface area (TPSA) is 80.2 Å². The molecule has 2 unspecified atom stereocenters. The van der Waals surface area contributed by atoms with E-state index in [1.54, 1.807) is 11.0 Å². The molecule has 1 fully saturated rings. The van der Waals surface area contributed by atoms with E-state index in [-0.39, 0.29) is 31.3 Å². The van der Waals surface area contributed by atoms with Gasteiger partial charge in [-0.3, -0.25) is 15.0 Å². The molecule has 10 heteroatoms. The standard InChI is InChI=1S/C27H42F3N5O2/c1-4-7-11-21(5-2)23-15-19-35(24(33-23)13-10-16-27(28,29)30)20-25(36)32-22-12-8-9-17-34(18-14-22)26(37)31-6-3/h4-5,7,11,15,22,26,31,37H,2,6,8-10,12-14,16-20H2,1,3H3,(H,32,36)/b7-4+,21-11+. The first kappa shape index (κ1) is 30.8. The number of nitrogens with one attached hydrogen (secondary N) is 2. The van der Waals surface area contributed by atoms with Crippen molar-refractivity contribution in [2.75, 3.05) is 32.7 Å². The predicted molar refractivity (Wildman–Crippen MR) is 142 cm³/mol. The molecule has 0 bridgehead atoms. The lowest BCUT2D eigenvalue weighted by atomic mass is 10.0. The van der Waals surface area contributed by atoms with Crippen molar-refractivity contribution in [3.05, 3.63) is 48.2 Å². The Morgan fingerprint density at radius 2 is 2.11 bits per heavy atom. The van der Waals surface area contributed by atoms with Gasteiger partial charge in [-0.15, -0.1) is 0 Å². The van der Waals surface area contributed by atoms with Gasteiger partial charge in [-0.25, -0.2) is 4.99 Å². The Labute approximate surface area is 218 Å². The van der Waals surface area contributed by atoms with Gasteiger partial charge in [-0.1, -0.05) is 44.2 Å². The van der Waals surface area contributed by atoms with E-state index in [0.29, 0.717) is 37.6 Å². The molecule has 1 saturated heterocycles. The average molecular weight is 526 g/mol. The predicted octanol–water partition coefficient (Wildman–Crippen LogP) is 4.25. The van der Waals surface area contributed by atoms with Gasteiger partial charge >= 0.3 is 6.18 Å². The highest BCUT2D eigenvalue weighted by Crippen LogP contribution is 2.25. The van der Waals surface area contributed by atoms with Crippen LogP contribution in [0.25, 0.3) is 0 Å². The van der Waals surface area contributed by atoms with E-state index in [1.807, 2.05) is 43.1 Å². The maximum atomic E-state index is 13.0. The molecular weight excluding hydrogens is 483 g/mol. The monoisotopic (exact) mass is 525 g/mol. The van der Waals surface area contributed by atoms with Crippen molar-refractivity contribution in [2.45, 2.75) is 77.4 Å². The lowest BCUT2D eigenvalue weighted by Crippen LogP contribution is -2.50. The molecule has 2 aliphatic heterocycles. The highest BCUT2D eigenvalue weighted by atomic mass is 19.4. The van der Waals surface area contributed by atoms with Crippen molar-refractivity contribution in [1.82, 2.24) is 20.4 Å². The average Bonchev–Trinajstić information content (AvgIpc) is 2.82. The number of aliphatic hydroxyl groups is 1. The molecule has 3 N–H and O–H groups in total. The summed E-state index contributed by atoms with van der Waals surface area (Å²) in [5.41, 5.74) is 1.42. The van der Waals surface area contributed by atoms with Gasteiger partial charge in [-0.05, 0) is 50.8 Å². The first-order valence-electron chi connectivity index (χ1n) is 13.2. The molecule has 2 rings (SSSR count). The minimum Gasteiger partial charge on any atom is -0.365 e. The van der Waals surface area contributed by atoms with E-state index < -0.39 is 18.9 Å².